The van der Waals surface area contributed by atoms with E-state index in [0.717, 1.165) is 9.87 Å². The molecule has 3 rings (SSSR count). The molecule has 38 heavy (non-hydrogen) atoms. The lowest BCUT2D eigenvalue weighted by atomic mass is 10.1. The number of hydrogen-bond acceptors (Lipinski definition) is 5. The number of ether oxygens (including phenoxy) is 1. The predicted octanol–water partition coefficient (Wildman–Crippen LogP) is 4.41. The standard InChI is InChI=1S/C28H32ClN3O5S/c1-5-30-28(34)21(3)31(18-22-14-16-23(37-4)17-15-22)27(33)19-32(26-13-9-12-25(29)20(26)2)38(35,36)24-10-7-6-8-11-24/h6-17,21H,5,18-19H2,1-4H3,(H,30,34)/t21-/m1/s1. The second kappa shape index (κ2) is 12.8. The summed E-state index contributed by atoms with van der Waals surface area (Å²) in [5.41, 5.74) is 1.55. The van der Waals surface area contributed by atoms with E-state index in [9.17, 15) is 18.0 Å². The van der Waals surface area contributed by atoms with Crippen LogP contribution in [0.2, 0.25) is 5.02 Å². The minimum Gasteiger partial charge on any atom is -0.497 e. The van der Waals surface area contributed by atoms with Gasteiger partial charge < -0.3 is 15.0 Å². The summed E-state index contributed by atoms with van der Waals surface area (Å²) in [7, 11) is -2.59. The van der Waals surface area contributed by atoms with Crippen LogP contribution >= 0.6 is 11.6 Å². The van der Waals surface area contributed by atoms with Crippen LogP contribution in [0.4, 0.5) is 5.69 Å². The summed E-state index contributed by atoms with van der Waals surface area (Å²) in [5, 5.41) is 3.11. The molecular formula is C28H32ClN3O5S. The quantitative estimate of drug-likeness (QED) is 0.377. The van der Waals surface area contributed by atoms with Crippen molar-refractivity contribution in [1.82, 2.24) is 10.2 Å². The molecule has 3 aromatic carbocycles. The van der Waals surface area contributed by atoms with Crippen molar-refractivity contribution in [1.29, 1.82) is 0 Å². The minimum atomic E-state index is -4.15. The number of anilines is 1. The van der Waals surface area contributed by atoms with Gasteiger partial charge in [-0.25, -0.2) is 8.42 Å². The van der Waals surface area contributed by atoms with Crippen molar-refractivity contribution in [2.45, 2.75) is 38.3 Å². The second-order valence-electron chi connectivity index (χ2n) is 8.65. The fourth-order valence-corrected chi connectivity index (χ4v) is 5.59. The molecule has 0 radical (unpaired) electrons. The van der Waals surface area contributed by atoms with Crippen LogP contribution in [-0.2, 0) is 26.2 Å². The highest BCUT2D eigenvalue weighted by Crippen LogP contribution is 2.31. The number of carbonyl (C=O) groups is 2. The first-order valence-corrected chi connectivity index (χ1v) is 13.9. The van der Waals surface area contributed by atoms with Gasteiger partial charge in [-0.05, 0) is 68.3 Å². The van der Waals surface area contributed by atoms with Crippen LogP contribution < -0.4 is 14.4 Å². The average Bonchev–Trinajstić information content (AvgIpc) is 2.92. The van der Waals surface area contributed by atoms with Gasteiger partial charge in [-0.2, -0.15) is 0 Å². The molecule has 0 aromatic heterocycles. The third-order valence-electron chi connectivity index (χ3n) is 6.15. The van der Waals surface area contributed by atoms with Crippen LogP contribution in [0.5, 0.6) is 5.75 Å². The summed E-state index contributed by atoms with van der Waals surface area (Å²) < 4.78 is 33.9. The van der Waals surface area contributed by atoms with Crippen molar-refractivity contribution in [3.63, 3.8) is 0 Å². The number of likely N-dealkylation sites (N-methyl/N-ethyl adjacent to an activating group) is 1. The van der Waals surface area contributed by atoms with Crippen LogP contribution in [0.3, 0.4) is 0 Å². The first-order valence-electron chi connectivity index (χ1n) is 12.1. The van der Waals surface area contributed by atoms with Crippen molar-refractivity contribution < 1.29 is 22.7 Å². The van der Waals surface area contributed by atoms with Crippen LogP contribution in [0.25, 0.3) is 0 Å². The summed E-state index contributed by atoms with van der Waals surface area (Å²) >= 11 is 6.33. The maximum absolute atomic E-state index is 13.9. The summed E-state index contributed by atoms with van der Waals surface area (Å²) in [6.07, 6.45) is 0. The maximum Gasteiger partial charge on any atom is 0.264 e. The van der Waals surface area contributed by atoms with E-state index in [-0.39, 0.29) is 23.0 Å². The zero-order valence-electron chi connectivity index (χ0n) is 21.8. The van der Waals surface area contributed by atoms with Gasteiger partial charge >= 0.3 is 0 Å². The number of benzene rings is 3. The second-order valence-corrected chi connectivity index (χ2v) is 10.9. The number of carbonyl (C=O) groups excluding carboxylic acids is 2. The third-order valence-corrected chi connectivity index (χ3v) is 8.33. The molecule has 0 unspecified atom stereocenters. The number of rotatable bonds is 11. The Bertz CT molecular complexity index is 1360. The highest BCUT2D eigenvalue weighted by atomic mass is 35.5. The van der Waals surface area contributed by atoms with E-state index in [1.807, 2.05) is 0 Å². The van der Waals surface area contributed by atoms with Crippen molar-refractivity contribution in [3.8, 4) is 5.75 Å². The molecule has 202 valence electrons. The van der Waals surface area contributed by atoms with Crippen molar-refractivity contribution in [2.24, 2.45) is 0 Å². The van der Waals surface area contributed by atoms with Gasteiger partial charge in [-0.3, -0.25) is 13.9 Å². The van der Waals surface area contributed by atoms with Crippen molar-refractivity contribution >= 4 is 39.1 Å². The highest BCUT2D eigenvalue weighted by molar-refractivity contribution is 7.92. The average molecular weight is 558 g/mol. The Morgan fingerprint density at radius 3 is 2.26 bits per heavy atom. The molecule has 0 aliphatic carbocycles. The molecule has 3 aromatic rings. The number of hydrogen-bond donors (Lipinski definition) is 1. The first-order chi connectivity index (χ1) is 18.1. The van der Waals surface area contributed by atoms with Crippen LogP contribution in [0.1, 0.15) is 25.0 Å². The lowest BCUT2D eigenvalue weighted by Crippen LogP contribution is -2.51. The summed E-state index contributed by atoms with van der Waals surface area (Å²) in [4.78, 5) is 28.0. The minimum absolute atomic E-state index is 0.0330. The van der Waals surface area contributed by atoms with E-state index in [1.165, 1.54) is 17.0 Å². The Morgan fingerprint density at radius 1 is 1.00 bits per heavy atom. The fraction of sp³-hybridized carbons (Fsp3) is 0.286. The Balaban J connectivity index is 2.05. The Hall–Kier alpha value is -3.56. The zero-order valence-corrected chi connectivity index (χ0v) is 23.4. The fourth-order valence-electron chi connectivity index (χ4n) is 3.93. The van der Waals surface area contributed by atoms with E-state index in [1.54, 1.807) is 88.5 Å². The van der Waals surface area contributed by atoms with E-state index in [4.69, 9.17) is 16.3 Å². The molecule has 8 nitrogen and oxygen atoms in total. The molecule has 0 spiro atoms. The maximum atomic E-state index is 13.9. The Morgan fingerprint density at radius 2 is 1.66 bits per heavy atom. The number of amides is 2. The van der Waals surface area contributed by atoms with Gasteiger partial charge in [0.05, 0.1) is 17.7 Å². The molecule has 2 amide bonds. The predicted molar refractivity (Wildman–Crippen MR) is 149 cm³/mol. The first kappa shape index (κ1) is 29.0. The SMILES string of the molecule is CCNC(=O)[C@@H](C)N(Cc1ccc(OC)cc1)C(=O)CN(c1cccc(Cl)c1C)S(=O)(=O)c1ccccc1. The summed E-state index contributed by atoms with van der Waals surface area (Å²) in [6, 6.07) is 19.0. The molecule has 0 bridgehead atoms. The third kappa shape index (κ3) is 6.65. The van der Waals surface area contributed by atoms with Gasteiger partial charge in [-0.1, -0.05) is 48.0 Å². The number of nitrogens with zero attached hydrogens (tertiary/aromatic N) is 2. The molecule has 0 aliphatic rings. The molecule has 1 atom stereocenters. The number of halogens is 1. The van der Waals surface area contributed by atoms with Gasteiger partial charge in [0, 0.05) is 18.1 Å². The van der Waals surface area contributed by atoms with Crippen molar-refractivity contribution in [3.05, 3.63) is 88.9 Å². The number of sulfonamides is 1. The van der Waals surface area contributed by atoms with Crippen LogP contribution in [0, 0.1) is 6.92 Å². The Labute approximate surface area is 229 Å². The largest absolute Gasteiger partial charge is 0.497 e. The summed E-state index contributed by atoms with van der Waals surface area (Å²) in [5.74, 6) is -0.232. The van der Waals surface area contributed by atoms with Gasteiger partial charge in [0.1, 0.15) is 18.3 Å². The molecular weight excluding hydrogens is 526 g/mol. The topological polar surface area (TPSA) is 96.0 Å². The number of methoxy groups -OCH3 is 1. The molecule has 10 heteroatoms. The zero-order chi connectivity index (χ0) is 27.9. The lowest BCUT2D eigenvalue weighted by molar-refractivity contribution is -0.139. The molecule has 0 saturated heterocycles. The van der Waals surface area contributed by atoms with Gasteiger partial charge in [0.2, 0.25) is 11.8 Å². The molecule has 1 N–H and O–H groups in total. The van der Waals surface area contributed by atoms with E-state index in [2.05, 4.69) is 5.32 Å². The highest BCUT2D eigenvalue weighted by Gasteiger charge is 2.33. The van der Waals surface area contributed by atoms with E-state index < -0.39 is 28.5 Å². The van der Waals surface area contributed by atoms with Gasteiger partial charge in [-0.15, -0.1) is 0 Å². The monoisotopic (exact) mass is 557 g/mol. The van der Waals surface area contributed by atoms with Crippen LogP contribution in [-0.4, -0.2) is 51.4 Å². The van der Waals surface area contributed by atoms with Crippen LogP contribution in [0.15, 0.2) is 77.7 Å². The molecule has 0 heterocycles. The molecule has 0 aliphatic heterocycles. The van der Waals surface area contributed by atoms with Gasteiger partial charge in [0.15, 0.2) is 0 Å². The van der Waals surface area contributed by atoms with E-state index in [0.29, 0.717) is 22.9 Å². The normalized spacial score (nSPS) is 11.9. The molecule has 0 saturated carbocycles. The van der Waals surface area contributed by atoms with Gasteiger partial charge in [0.25, 0.3) is 10.0 Å². The Kier molecular flexibility index (Phi) is 9.77. The molecule has 0 fully saturated rings. The van der Waals surface area contributed by atoms with E-state index >= 15 is 0 Å². The lowest BCUT2D eigenvalue weighted by Gasteiger charge is -2.32. The summed E-state index contributed by atoms with van der Waals surface area (Å²) in [6.45, 7) is 5.06. The smallest absolute Gasteiger partial charge is 0.264 e. The van der Waals surface area contributed by atoms with Crippen molar-refractivity contribution in [2.75, 3.05) is 24.5 Å². The number of nitrogens with one attached hydrogen (secondary N) is 1.